The number of carbonyl (C=O) groups is 1. The van der Waals surface area contributed by atoms with Crippen LogP contribution in [-0.2, 0) is 5.11 Å². The standard InChI is InChI=1S/C4H5N2O4/c7-1-2(8)5-4(10)6-3(1)9/h2,7-8H,(H2,5,6,10). The van der Waals surface area contributed by atoms with Crippen molar-refractivity contribution in [3.8, 4) is 0 Å². The summed E-state index contributed by atoms with van der Waals surface area (Å²) in [7, 11) is 0. The predicted molar refractivity (Wildman–Crippen MR) is 28.0 cm³/mol. The predicted octanol–water partition coefficient (Wildman–Crippen LogP) is -1.22. The van der Waals surface area contributed by atoms with Crippen molar-refractivity contribution in [1.82, 2.24) is 10.6 Å². The normalized spacial score (nSPS) is 25.7. The second kappa shape index (κ2) is 2.07. The van der Waals surface area contributed by atoms with E-state index in [4.69, 9.17) is 10.2 Å². The van der Waals surface area contributed by atoms with E-state index in [2.05, 4.69) is 0 Å². The molecule has 1 aliphatic rings. The van der Waals surface area contributed by atoms with Crippen LogP contribution in [0.5, 0.6) is 0 Å². The van der Waals surface area contributed by atoms with Crippen LogP contribution in [0, 0.1) is 0 Å². The summed E-state index contributed by atoms with van der Waals surface area (Å²) in [5, 5.41) is 31.2. The third kappa shape index (κ3) is 0.960. The zero-order valence-corrected chi connectivity index (χ0v) is 4.79. The lowest BCUT2D eigenvalue weighted by Gasteiger charge is -2.17. The van der Waals surface area contributed by atoms with Crippen LogP contribution in [0.1, 0.15) is 0 Å². The summed E-state index contributed by atoms with van der Waals surface area (Å²) < 4.78 is 0. The molecule has 10 heavy (non-hydrogen) atoms. The maximum absolute atomic E-state index is 10.4. The fourth-order valence-corrected chi connectivity index (χ4v) is 0.520. The van der Waals surface area contributed by atoms with Crippen molar-refractivity contribution >= 4 is 6.03 Å². The van der Waals surface area contributed by atoms with Crippen LogP contribution in [0.15, 0.2) is 11.6 Å². The van der Waals surface area contributed by atoms with Gasteiger partial charge in [-0.1, -0.05) is 0 Å². The Labute approximate surface area is 55.8 Å². The number of amides is 2. The second-order valence-electron chi connectivity index (χ2n) is 1.72. The molecule has 0 aromatic rings. The van der Waals surface area contributed by atoms with Crippen LogP contribution in [0.3, 0.4) is 0 Å². The van der Waals surface area contributed by atoms with Crippen molar-refractivity contribution < 1.29 is 20.1 Å². The molecule has 1 aliphatic heterocycles. The first-order chi connectivity index (χ1) is 4.61. The molecule has 1 unspecified atom stereocenters. The van der Waals surface area contributed by atoms with Gasteiger partial charge in [-0.15, -0.1) is 0 Å². The van der Waals surface area contributed by atoms with Gasteiger partial charge >= 0.3 is 6.03 Å². The lowest BCUT2D eigenvalue weighted by Crippen LogP contribution is -2.48. The molecule has 2 amide bonds. The zero-order valence-electron chi connectivity index (χ0n) is 4.79. The van der Waals surface area contributed by atoms with Crippen LogP contribution in [0.25, 0.3) is 0 Å². The summed E-state index contributed by atoms with van der Waals surface area (Å²) >= 11 is 0. The number of urea groups is 1. The molecule has 0 saturated heterocycles. The highest BCUT2D eigenvalue weighted by molar-refractivity contribution is 5.77. The highest BCUT2D eigenvalue weighted by Gasteiger charge is 2.25. The maximum Gasteiger partial charge on any atom is 0.324 e. The first kappa shape index (κ1) is 6.69. The Bertz CT molecular complexity index is 199. The van der Waals surface area contributed by atoms with Gasteiger partial charge in [0.05, 0.1) is 0 Å². The zero-order chi connectivity index (χ0) is 7.72. The van der Waals surface area contributed by atoms with E-state index < -0.39 is 23.9 Å². The summed E-state index contributed by atoms with van der Waals surface area (Å²) in [6, 6.07) is -0.824. The number of carbonyl (C=O) groups excluding carboxylic acids is 1. The Hall–Kier alpha value is -1.43. The molecular weight excluding hydrogens is 140 g/mol. The van der Waals surface area contributed by atoms with Gasteiger partial charge in [0.2, 0.25) is 5.76 Å². The van der Waals surface area contributed by atoms with E-state index >= 15 is 0 Å². The number of aliphatic hydroxyl groups is 2. The molecule has 0 aliphatic carbocycles. The SMILES string of the molecule is [O]C1=C(O)C(O)NC(=O)N1. The topological polar surface area (TPSA) is 101 Å². The molecular formula is C4H5N2O4. The maximum atomic E-state index is 10.4. The number of hydrogen-bond donors (Lipinski definition) is 4. The molecule has 1 heterocycles. The van der Waals surface area contributed by atoms with Gasteiger partial charge in [0.1, 0.15) is 0 Å². The van der Waals surface area contributed by atoms with Gasteiger partial charge in [-0.05, 0) is 0 Å². The smallest absolute Gasteiger partial charge is 0.324 e. The van der Waals surface area contributed by atoms with Crippen LogP contribution >= 0.6 is 0 Å². The van der Waals surface area contributed by atoms with Gasteiger partial charge in [-0.3, -0.25) is 10.4 Å². The van der Waals surface area contributed by atoms with Crippen molar-refractivity contribution in [1.29, 1.82) is 0 Å². The van der Waals surface area contributed by atoms with Crippen molar-refractivity contribution in [2.24, 2.45) is 0 Å². The third-order valence-corrected chi connectivity index (χ3v) is 0.987. The molecule has 1 rings (SSSR count). The van der Waals surface area contributed by atoms with Crippen molar-refractivity contribution in [2.45, 2.75) is 6.23 Å². The van der Waals surface area contributed by atoms with Crippen molar-refractivity contribution in [3.63, 3.8) is 0 Å². The van der Waals surface area contributed by atoms with E-state index in [1.807, 2.05) is 5.32 Å². The number of rotatable bonds is 0. The summed E-state index contributed by atoms with van der Waals surface area (Å²) in [6.07, 6.45) is -1.58. The van der Waals surface area contributed by atoms with Gasteiger partial charge < -0.3 is 15.5 Å². The average Bonchev–Trinajstić information content (AvgIpc) is 1.82. The minimum Gasteiger partial charge on any atom is -0.504 e. The van der Waals surface area contributed by atoms with Crippen molar-refractivity contribution in [2.75, 3.05) is 0 Å². The summed E-state index contributed by atoms with van der Waals surface area (Å²) in [4.78, 5) is 10.3. The van der Waals surface area contributed by atoms with Crippen LogP contribution in [0.2, 0.25) is 0 Å². The van der Waals surface area contributed by atoms with E-state index in [-0.39, 0.29) is 0 Å². The number of hydrogen-bond acceptors (Lipinski definition) is 3. The summed E-state index contributed by atoms with van der Waals surface area (Å²) in [6.45, 7) is 0. The molecule has 1 atom stereocenters. The monoisotopic (exact) mass is 145 g/mol. The molecule has 0 saturated carbocycles. The van der Waals surface area contributed by atoms with Gasteiger partial charge in [0, 0.05) is 0 Å². The number of aliphatic hydroxyl groups excluding tert-OH is 2. The first-order valence-corrected chi connectivity index (χ1v) is 2.47. The molecule has 4 N–H and O–H groups in total. The highest BCUT2D eigenvalue weighted by atomic mass is 16.4. The molecule has 0 fully saturated rings. The first-order valence-electron chi connectivity index (χ1n) is 2.47. The fourth-order valence-electron chi connectivity index (χ4n) is 0.520. The molecule has 0 aromatic heterocycles. The van der Waals surface area contributed by atoms with Gasteiger partial charge in [0.15, 0.2) is 6.23 Å². The number of nitrogens with one attached hydrogen (secondary N) is 2. The minimum atomic E-state index is -1.58. The van der Waals surface area contributed by atoms with E-state index in [1.165, 1.54) is 0 Å². The molecule has 55 valence electrons. The molecule has 1 radical (unpaired) electrons. The van der Waals surface area contributed by atoms with E-state index in [1.54, 1.807) is 5.32 Å². The van der Waals surface area contributed by atoms with Crippen molar-refractivity contribution in [3.05, 3.63) is 11.6 Å². The Morgan fingerprint density at radius 2 is 2.10 bits per heavy atom. The Morgan fingerprint density at radius 1 is 1.50 bits per heavy atom. The molecule has 6 nitrogen and oxygen atoms in total. The largest absolute Gasteiger partial charge is 0.504 e. The highest BCUT2D eigenvalue weighted by Crippen LogP contribution is 2.03. The van der Waals surface area contributed by atoms with E-state index in [0.717, 1.165) is 0 Å². The van der Waals surface area contributed by atoms with Gasteiger partial charge in [-0.25, -0.2) is 4.79 Å². The van der Waals surface area contributed by atoms with E-state index in [9.17, 15) is 9.90 Å². The molecule has 0 bridgehead atoms. The minimum absolute atomic E-state index is 0.806. The van der Waals surface area contributed by atoms with Crippen LogP contribution in [-0.4, -0.2) is 22.5 Å². The third-order valence-electron chi connectivity index (χ3n) is 0.987. The Kier molecular flexibility index (Phi) is 1.38. The fraction of sp³-hybridized carbons (Fsp3) is 0.250. The molecule has 0 spiro atoms. The molecule has 6 heteroatoms. The van der Waals surface area contributed by atoms with Gasteiger partial charge in [0.25, 0.3) is 5.88 Å². The van der Waals surface area contributed by atoms with Crippen LogP contribution in [0.4, 0.5) is 4.79 Å². The summed E-state index contributed by atoms with van der Waals surface area (Å²) in [5.41, 5.74) is 0. The Morgan fingerprint density at radius 3 is 2.60 bits per heavy atom. The lowest BCUT2D eigenvalue weighted by molar-refractivity contribution is 0.0908. The summed E-state index contributed by atoms with van der Waals surface area (Å²) in [5.74, 6) is -1.78. The quantitative estimate of drug-likeness (QED) is 0.343. The van der Waals surface area contributed by atoms with Gasteiger partial charge in [-0.2, -0.15) is 0 Å². The van der Waals surface area contributed by atoms with Crippen LogP contribution < -0.4 is 10.6 Å². The van der Waals surface area contributed by atoms with E-state index in [0.29, 0.717) is 0 Å². The lowest BCUT2D eigenvalue weighted by atomic mass is 10.4. The molecule has 0 aromatic carbocycles. The second-order valence-corrected chi connectivity index (χ2v) is 1.72. The average molecular weight is 145 g/mol. The Balaban J connectivity index is 2.84.